The van der Waals surface area contributed by atoms with Gasteiger partial charge >= 0.3 is 0 Å². The number of methoxy groups -OCH3 is 1. The Bertz CT molecular complexity index is 1670. The number of hydrogen-bond donors (Lipinski definition) is 0. The van der Waals surface area contributed by atoms with E-state index in [2.05, 4.69) is 0 Å². The van der Waals surface area contributed by atoms with Gasteiger partial charge in [-0.3, -0.25) is 24.1 Å². The van der Waals surface area contributed by atoms with Crippen molar-refractivity contribution in [2.75, 3.05) is 23.5 Å². The topological polar surface area (TPSA) is 87.2 Å². The zero-order chi connectivity index (χ0) is 29.4. The van der Waals surface area contributed by atoms with Crippen LogP contribution in [0.4, 0.5) is 11.4 Å². The van der Waals surface area contributed by atoms with Crippen molar-refractivity contribution < 1.29 is 23.9 Å². The molecule has 2 aliphatic heterocycles. The molecule has 2 heterocycles. The molecule has 4 amide bonds. The molecule has 0 fully saturated rings. The van der Waals surface area contributed by atoms with Crippen LogP contribution in [0.25, 0.3) is 0 Å². The quantitative estimate of drug-likeness (QED) is 0.291. The molecular formula is C34H29N3O5. The van der Waals surface area contributed by atoms with Crippen molar-refractivity contribution in [1.29, 1.82) is 0 Å². The lowest BCUT2D eigenvalue weighted by molar-refractivity contribution is -0.119. The number of imide groups is 1. The fraction of sp³-hybridized carbons (Fsp3) is 0.176. The number of ether oxygens (including phenoxy) is 1. The van der Waals surface area contributed by atoms with Crippen molar-refractivity contribution in [3.8, 4) is 5.75 Å². The van der Waals surface area contributed by atoms with Crippen LogP contribution in [0, 0.1) is 0 Å². The van der Waals surface area contributed by atoms with Gasteiger partial charge in [0.1, 0.15) is 12.3 Å². The molecule has 0 radical (unpaired) electrons. The van der Waals surface area contributed by atoms with Crippen molar-refractivity contribution in [2.24, 2.45) is 0 Å². The predicted octanol–water partition coefficient (Wildman–Crippen LogP) is 5.50. The molecule has 2 aliphatic rings. The van der Waals surface area contributed by atoms with Gasteiger partial charge in [-0.25, -0.2) is 0 Å². The summed E-state index contributed by atoms with van der Waals surface area (Å²) in [5, 5.41) is 0. The highest BCUT2D eigenvalue weighted by Gasteiger charge is 2.42. The van der Waals surface area contributed by atoms with Gasteiger partial charge < -0.3 is 14.5 Å². The van der Waals surface area contributed by atoms with E-state index in [1.165, 1.54) is 0 Å². The first kappa shape index (κ1) is 27.0. The smallest absolute Gasteiger partial charge is 0.262 e. The lowest BCUT2D eigenvalue weighted by Gasteiger charge is -2.43. The van der Waals surface area contributed by atoms with E-state index in [0.717, 1.165) is 10.5 Å². The van der Waals surface area contributed by atoms with Crippen LogP contribution in [0.2, 0.25) is 0 Å². The van der Waals surface area contributed by atoms with Crippen LogP contribution in [0.1, 0.15) is 56.0 Å². The second kappa shape index (κ2) is 11.0. The molecule has 2 atom stereocenters. The predicted molar refractivity (Wildman–Crippen MR) is 159 cm³/mol. The van der Waals surface area contributed by atoms with E-state index < -0.39 is 30.3 Å². The van der Waals surface area contributed by atoms with Crippen molar-refractivity contribution >= 4 is 35.0 Å². The molecule has 6 rings (SSSR count). The lowest BCUT2D eigenvalue weighted by atomic mass is 9.89. The Hall–Kier alpha value is -5.24. The van der Waals surface area contributed by atoms with Crippen LogP contribution in [-0.2, 0) is 4.79 Å². The molecule has 0 saturated carbocycles. The average molecular weight is 560 g/mol. The summed E-state index contributed by atoms with van der Waals surface area (Å²) in [4.78, 5) is 58.6. The summed E-state index contributed by atoms with van der Waals surface area (Å²) >= 11 is 0. The molecule has 210 valence electrons. The van der Waals surface area contributed by atoms with Crippen LogP contribution < -0.4 is 14.5 Å². The van der Waals surface area contributed by atoms with Gasteiger partial charge in [0.05, 0.1) is 24.3 Å². The van der Waals surface area contributed by atoms with Crippen molar-refractivity contribution in [3.63, 3.8) is 0 Å². The maximum Gasteiger partial charge on any atom is 0.262 e. The van der Waals surface area contributed by atoms with E-state index >= 15 is 0 Å². The highest BCUT2D eigenvalue weighted by Crippen LogP contribution is 2.43. The fourth-order valence-electron chi connectivity index (χ4n) is 5.91. The van der Waals surface area contributed by atoms with Crippen LogP contribution in [-0.4, -0.2) is 48.2 Å². The minimum absolute atomic E-state index is 0.170. The number of carbonyl (C=O) groups excluding carboxylic acids is 4. The third-order valence-electron chi connectivity index (χ3n) is 7.88. The summed E-state index contributed by atoms with van der Waals surface area (Å²) in [5.41, 5.74) is 3.22. The Balaban J connectivity index is 1.37. The van der Waals surface area contributed by atoms with E-state index in [0.29, 0.717) is 40.2 Å². The molecule has 0 N–H and O–H groups in total. The number of nitrogens with zero attached hydrogens (tertiary/aromatic N) is 3. The molecule has 0 aliphatic carbocycles. The largest absolute Gasteiger partial charge is 0.497 e. The standard InChI is InChI=1S/C34H29N3O5/c1-22-19-30(28-17-8-9-18-29(28)36(22)32(39)23-11-10-14-25(20-23)42-2)37(24-12-4-3-5-13-24)31(38)21-35-33(40)26-15-6-7-16-27(26)34(35)41/h3-18,20,22,30H,19,21H2,1-2H3/t22-,30-/m0/s1. The van der Waals surface area contributed by atoms with Crippen molar-refractivity contribution in [1.82, 2.24) is 4.90 Å². The maximum atomic E-state index is 14.2. The van der Waals surface area contributed by atoms with E-state index in [1.54, 1.807) is 65.4 Å². The number of fused-ring (bicyclic) bond motifs is 2. The van der Waals surface area contributed by atoms with Crippen LogP contribution in [0.3, 0.4) is 0 Å². The van der Waals surface area contributed by atoms with Gasteiger partial charge in [-0.15, -0.1) is 0 Å². The number of rotatable bonds is 6. The fourth-order valence-corrected chi connectivity index (χ4v) is 5.91. The highest BCUT2D eigenvalue weighted by atomic mass is 16.5. The minimum atomic E-state index is -0.482. The summed E-state index contributed by atoms with van der Waals surface area (Å²) in [6.07, 6.45) is 0.440. The van der Waals surface area contributed by atoms with E-state index in [-0.39, 0.29) is 11.9 Å². The first-order valence-electron chi connectivity index (χ1n) is 13.8. The zero-order valence-electron chi connectivity index (χ0n) is 23.3. The van der Waals surface area contributed by atoms with Crippen LogP contribution >= 0.6 is 0 Å². The Morgan fingerprint density at radius 2 is 1.48 bits per heavy atom. The van der Waals surface area contributed by atoms with E-state index in [1.807, 2.05) is 61.5 Å². The van der Waals surface area contributed by atoms with Gasteiger partial charge in [-0.1, -0.05) is 54.6 Å². The number of benzene rings is 4. The first-order chi connectivity index (χ1) is 20.4. The zero-order valence-corrected chi connectivity index (χ0v) is 23.3. The second-order valence-electron chi connectivity index (χ2n) is 10.4. The second-order valence-corrected chi connectivity index (χ2v) is 10.4. The molecule has 4 aromatic carbocycles. The molecular weight excluding hydrogens is 530 g/mol. The maximum absolute atomic E-state index is 14.2. The normalized spacial score (nSPS) is 17.5. The molecule has 0 bridgehead atoms. The monoisotopic (exact) mass is 559 g/mol. The molecule has 0 aromatic heterocycles. The minimum Gasteiger partial charge on any atom is -0.497 e. The summed E-state index contributed by atoms with van der Waals surface area (Å²) < 4.78 is 5.34. The van der Waals surface area contributed by atoms with Crippen LogP contribution in [0.15, 0.2) is 103 Å². The average Bonchev–Trinajstić information content (AvgIpc) is 3.26. The molecule has 42 heavy (non-hydrogen) atoms. The molecule has 0 unspecified atom stereocenters. The lowest BCUT2D eigenvalue weighted by Crippen LogP contribution is -2.50. The Morgan fingerprint density at radius 3 is 2.17 bits per heavy atom. The number of anilines is 2. The number of hydrogen-bond acceptors (Lipinski definition) is 5. The molecule has 8 nitrogen and oxygen atoms in total. The third kappa shape index (κ3) is 4.60. The third-order valence-corrected chi connectivity index (χ3v) is 7.88. The molecule has 0 saturated heterocycles. The van der Waals surface area contributed by atoms with Gasteiger partial charge in [0.25, 0.3) is 17.7 Å². The number of amides is 4. The van der Waals surface area contributed by atoms with Gasteiger partial charge in [0, 0.05) is 23.0 Å². The number of carbonyl (C=O) groups is 4. The molecule has 8 heteroatoms. The van der Waals surface area contributed by atoms with E-state index in [4.69, 9.17) is 4.74 Å². The summed E-state index contributed by atoms with van der Waals surface area (Å²) in [5.74, 6) is -0.939. The summed E-state index contributed by atoms with van der Waals surface area (Å²) in [7, 11) is 1.56. The molecule has 4 aromatic rings. The highest BCUT2D eigenvalue weighted by molar-refractivity contribution is 6.22. The van der Waals surface area contributed by atoms with Crippen LogP contribution in [0.5, 0.6) is 5.75 Å². The van der Waals surface area contributed by atoms with Gasteiger partial charge in [-0.2, -0.15) is 0 Å². The summed E-state index contributed by atoms with van der Waals surface area (Å²) in [6, 6.07) is 29.7. The Morgan fingerprint density at radius 1 is 0.833 bits per heavy atom. The number of para-hydroxylation sites is 2. The van der Waals surface area contributed by atoms with E-state index in [9.17, 15) is 19.2 Å². The van der Waals surface area contributed by atoms with Gasteiger partial charge in [0.2, 0.25) is 5.91 Å². The first-order valence-corrected chi connectivity index (χ1v) is 13.8. The Labute approximate surface area is 243 Å². The van der Waals surface area contributed by atoms with Gasteiger partial charge in [0.15, 0.2) is 0 Å². The Kier molecular flexibility index (Phi) is 7.04. The van der Waals surface area contributed by atoms with Gasteiger partial charge in [-0.05, 0) is 67.4 Å². The van der Waals surface area contributed by atoms with Crippen molar-refractivity contribution in [3.05, 3.63) is 125 Å². The van der Waals surface area contributed by atoms with Crippen molar-refractivity contribution in [2.45, 2.75) is 25.4 Å². The SMILES string of the molecule is COc1cccc(C(=O)N2c3ccccc3[C@@H](N(C(=O)CN3C(=O)c4ccccc4C3=O)c3ccccc3)C[C@@H]2C)c1. The summed E-state index contributed by atoms with van der Waals surface area (Å²) in [6.45, 7) is 1.56. The molecule has 0 spiro atoms.